The minimum atomic E-state index is -0.0496. The van der Waals surface area contributed by atoms with Crippen LogP contribution in [0.1, 0.15) is 23.8 Å². The molecule has 2 aromatic rings. The molecule has 1 amide bonds. The van der Waals surface area contributed by atoms with Crippen molar-refractivity contribution in [3.63, 3.8) is 0 Å². The van der Waals surface area contributed by atoms with E-state index in [9.17, 15) is 4.79 Å². The molecule has 2 unspecified atom stereocenters. The van der Waals surface area contributed by atoms with E-state index in [1.54, 1.807) is 6.20 Å². The third-order valence-electron chi connectivity index (χ3n) is 3.92. The maximum Gasteiger partial charge on any atom is 0.274 e. The fraction of sp³-hybridized carbons (Fsp3) is 0.400. The lowest BCUT2D eigenvalue weighted by molar-refractivity contribution is 0.0780. The molecule has 5 heteroatoms. The first kappa shape index (κ1) is 13.0. The van der Waals surface area contributed by atoms with Crippen LogP contribution in [-0.2, 0) is 0 Å². The summed E-state index contributed by atoms with van der Waals surface area (Å²) in [5.74, 6) is 0.332. The van der Waals surface area contributed by atoms with Crippen LogP contribution in [0.4, 0.5) is 0 Å². The Morgan fingerprint density at radius 1 is 1.40 bits per heavy atom. The Hall–Kier alpha value is -2.01. The standard InChI is InChI=1S/C15H18N4O/c1-10(16)11-6-7-19(9-11)15(20)14-8-17-12-4-2-3-5-13(12)18-14/h2-5,8,10-11H,6-7,9,16H2,1H3. The van der Waals surface area contributed by atoms with Crippen molar-refractivity contribution in [2.24, 2.45) is 11.7 Å². The van der Waals surface area contributed by atoms with Gasteiger partial charge in [-0.3, -0.25) is 9.78 Å². The van der Waals surface area contributed by atoms with Crippen LogP contribution in [-0.4, -0.2) is 39.9 Å². The third-order valence-corrected chi connectivity index (χ3v) is 3.92. The molecule has 20 heavy (non-hydrogen) atoms. The van der Waals surface area contributed by atoms with Gasteiger partial charge in [-0.1, -0.05) is 12.1 Å². The number of nitrogens with zero attached hydrogens (tertiary/aromatic N) is 3. The van der Waals surface area contributed by atoms with E-state index in [1.807, 2.05) is 36.1 Å². The second-order valence-electron chi connectivity index (χ2n) is 5.40. The van der Waals surface area contributed by atoms with Gasteiger partial charge in [0, 0.05) is 19.1 Å². The molecule has 0 saturated carbocycles. The summed E-state index contributed by atoms with van der Waals surface area (Å²) in [5.41, 5.74) is 7.87. The summed E-state index contributed by atoms with van der Waals surface area (Å²) in [6, 6.07) is 7.68. The highest BCUT2D eigenvalue weighted by Gasteiger charge is 2.29. The number of nitrogens with two attached hydrogens (primary N) is 1. The number of fused-ring (bicyclic) bond motifs is 1. The quantitative estimate of drug-likeness (QED) is 0.896. The summed E-state index contributed by atoms with van der Waals surface area (Å²) in [6.07, 6.45) is 2.52. The minimum absolute atomic E-state index is 0.0496. The molecule has 3 rings (SSSR count). The van der Waals surface area contributed by atoms with E-state index in [1.165, 1.54) is 0 Å². The molecule has 1 aliphatic rings. The topological polar surface area (TPSA) is 72.1 Å². The molecule has 1 fully saturated rings. The molecule has 104 valence electrons. The van der Waals surface area contributed by atoms with Crippen molar-refractivity contribution in [3.8, 4) is 0 Å². The van der Waals surface area contributed by atoms with Crippen molar-refractivity contribution >= 4 is 16.9 Å². The number of carbonyl (C=O) groups excluding carboxylic acids is 1. The second-order valence-corrected chi connectivity index (χ2v) is 5.40. The Balaban J connectivity index is 1.82. The summed E-state index contributed by atoms with van der Waals surface area (Å²) in [6.45, 7) is 3.46. The molecule has 2 atom stereocenters. The maximum atomic E-state index is 12.4. The van der Waals surface area contributed by atoms with E-state index in [0.29, 0.717) is 18.2 Å². The first-order valence-electron chi connectivity index (χ1n) is 6.92. The zero-order valence-electron chi connectivity index (χ0n) is 11.5. The molecule has 5 nitrogen and oxygen atoms in total. The maximum absolute atomic E-state index is 12.4. The highest BCUT2D eigenvalue weighted by molar-refractivity contribution is 5.93. The summed E-state index contributed by atoms with van der Waals surface area (Å²) < 4.78 is 0. The van der Waals surface area contributed by atoms with Gasteiger partial charge in [-0.05, 0) is 31.4 Å². The summed E-state index contributed by atoms with van der Waals surface area (Å²) in [7, 11) is 0. The number of rotatable bonds is 2. The molecule has 0 bridgehead atoms. The molecule has 0 radical (unpaired) electrons. The van der Waals surface area contributed by atoms with Crippen LogP contribution < -0.4 is 5.73 Å². The van der Waals surface area contributed by atoms with Gasteiger partial charge >= 0.3 is 0 Å². The summed E-state index contributed by atoms with van der Waals surface area (Å²) >= 11 is 0. The van der Waals surface area contributed by atoms with Crippen molar-refractivity contribution < 1.29 is 4.79 Å². The molecule has 2 heterocycles. The first-order chi connectivity index (χ1) is 9.65. The van der Waals surface area contributed by atoms with Crippen LogP contribution in [0, 0.1) is 5.92 Å². The zero-order valence-corrected chi connectivity index (χ0v) is 11.5. The number of aromatic nitrogens is 2. The monoisotopic (exact) mass is 270 g/mol. The number of carbonyl (C=O) groups is 1. The van der Waals surface area contributed by atoms with Gasteiger partial charge in [-0.15, -0.1) is 0 Å². The molecule has 1 aliphatic heterocycles. The predicted octanol–water partition coefficient (Wildman–Crippen LogP) is 1.44. The number of amides is 1. The van der Waals surface area contributed by atoms with Crippen molar-refractivity contribution in [2.45, 2.75) is 19.4 Å². The van der Waals surface area contributed by atoms with Crippen molar-refractivity contribution in [1.82, 2.24) is 14.9 Å². The molecular formula is C15H18N4O. The predicted molar refractivity (Wildman–Crippen MR) is 77.2 cm³/mol. The third kappa shape index (κ3) is 2.36. The number of likely N-dealkylation sites (tertiary alicyclic amines) is 1. The Kier molecular flexibility index (Phi) is 3.36. The number of benzene rings is 1. The van der Waals surface area contributed by atoms with E-state index in [0.717, 1.165) is 24.0 Å². The van der Waals surface area contributed by atoms with E-state index < -0.39 is 0 Å². The lowest BCUT2D eigenvalue weighted by Gasteiger charge is -2.17. The van der Waals surface area contributed by atoms with Crippen LogP contribution in [0.2, 0.25) is 0 Å². The highest BCUT2D eigenvalue weighted by atomic mass is 16.2. The van der Waals surface area contributed by atoms with Gasteiger partial charge in [0.15, 0.2) is 0 Å². The Morgan fingerprint density at radius 2 is 2.15 bits per heavy atom. The molecule has 0 spiro atoms. The summed E-state index contributed by atoms with van der Waals surface area (Å²) in [5, 5.41) is 0. The van der Waals surface area contributed by atoms with Gasteiger partial charge in [0.1, 0.15) is 5.69 Å². The van der Waals surface area contributed by atoms with E-state index in [4.69, 9.17) is 5.73 Å². The van der Waals surface area contributed by atoms with E-state index in [2.05, 4.69) is 9.97 Å². The normalized spacial score (nSPS) is 20.3. The van der Waals surface area contributed by atoms with E-state index >= 15 is 0 Å². The number of hydrogen-bond donors (Lipinski definition) is 1. The van der Waals surface area contributed by atoms with Crippen LogP contribution in [0.5, 0.6) is 0 Å². The average Bonchev–Trinajstić information content (AvgIpc) is 2.96. The van der Waals surface area contributed by atoms with Crippen LogP contribution in [0.3, 0.4) is 0 Å². The molecule has 0 aliphatic carbocycles. The van der Waals surface area contributed by atoms with Gasteiger partial charge < -0.3 is 10.6 Å². The molecule has 1 aromatic heterocycles. The fourth-order valence-corrected chi connectivity index (χ4v) is 2.62. The van der Waals surface area contributed by atoms with Crippen LogP contribution in [0.15, 0.2) is 30.5 Å². The SMILES string of the molecule is CC(N)C1CCN(C(=O)c2cnc3ccccc3n2)C1. The van der Waals surface area contributed by atoms with Crippen LogP contribution in [0.25, 0.3) is 11.0 Å². The van der Waals surface area contributed by atoms with Gasteiger partial charge in [-0.2, -0.15) is 0 Å². The minimum Gasteiger partial charge on any atom is -0.337 e. The average molecular weight is 270 g/mol. The number of hydrogen-bond acceptors (Lipinski definition) is 4. The van der Waals surface area contributed by atoms with E-state index in [-0.39, 0.29) is 11.9 Å². The van der Waals surface area contributed by atoms with Crippen LogP contribution >= 0.6 is 0 Å². The van der Waals surface area contributed by atoms with Crippen molar-refractivity contribution in [3.05, 3.63) is 36.2 Å². The first-order valence-corrected chi connectivity index (χ1v) is 6.92. The molecular weight excluding hydrogens is 252 g/mol. The zero-order chi connectivity index (χ0) is 14.1. The number of para-hydroxylation sites is 2. The Labute approximate surface area is 117 Å². The highest BCUT2D eigenvalue weighted by Crippen LogP contribution is 2.20. The fourth-order valence-electron chi connectivity index (χ4n) is 2.62. The largest absolute Gasteiger partial charge is 0.337 e. The smallest absolute Gasteiger partial charge is 0.274 e. The second kappa shape index (κ2) is 5.17. The van der Waals surface area contributed by atoms with Gasteiger partial charge in [0.2, 0.25) is 0 Å². The Bertz CT molecular complexity index is 641. The van der Waals surface area contributed by atoms with Crippen molar-refractivity contribution in [1.29, 1.82) is 0 Å². The van der Waals surface area contributed by atoms with Crippen molar-refractivity contribution in [2.75, 3.05) is 13.1 Å². The van der Waals surface area contributed by atoms with Gasteiger partial charge in [-0.25, -0.2) is 4.98 Å². The molecule has 1 aromatic carbocycles. The Morgan fingerprint density at radius 3 is 2.85 bits per heavy atom. The lowest BCUT2D eigenvalue weighted by Crippen LogP contribution is -2.33. The molecule has 1 saturated heterocycles. The van der Waals surface area contributed by atoms with Gasteiger partial charge in [0.25, 0.3) is 5.91 Å². The summed E-state index contributed by atoms with van der Waals surface area (Å²) in [4.78, 5) is 23.0. The lowest BCUT2D eigenvalue weighted by atomic mass is 10.0. The van der Waals surface area contributed by atoms with Gasteiger partial charge in [0.05, 0.1) is 17.2 Å². The molecule has 2 N–H and O–H groups in total.